The summed E-state index contributed by atoms with van der Waals surface area (Å²) in [4.78, 5) is 15.8. The van der Waals surface area contributed by atoms with Gasteiger partial charge in [-0.25, -0.2) is 4.98 Å². The number of H-pyrrole nitrogens is 1. The van der Waals surface area contributed by atoms with E-state index >= 15 is 0 Å². The molecule has 0 atom stereocenters. The predicted molar refractivity (Wildman–Crippen MR) is 59.7 cm³/mol. The van der Waals surface area contributed by atoms with Crippen molar-refractivity contribution in [2.45, 2.75) is 38.5 Å². The number of carbonyl (C=O) groups is 1. The lowest BCUT2D eigenvalue weighted by molar-refractivity contribution is -0.125. The molecule has 0 aromatic carbocycles. The quantitative estimate of drug-likeness (QED) is 0.799. The van der Waals surface area contributed by atoms with Gasteiger partial charge in [-0.2, -0.15) is 5.10 Å². The van der Waals surface area contributed by atoms with Gasteiger partial charge in [-0.05, 0) is 12.8 Å². The number of amides is 1. The molecule has 5 nitrogen and oxygen atoms in total. The third-order valence-electron chi connectivity index (χ3n) is 3.10. The fourth-order valence-corrected chi connectivity index (χ4v) is 2.16. The van der Waals surface area contributed by atoms with Gasteiger partial charge in [0.2, 0.25) is 5.91 Å². The van der Waals surface area contributed by atoms with Gasteiger partial charge in [-0.3, -0.25) is 9.89 Å². The minimum Gasteiger partial charge on any atom is -0.355 e. The number of aromatic amines is 1. The third-order valence-corrected chi connectivity index (χ3v) is 3.10. The van der Waals surface area contributed by atoms with E-state index in [0.717, 1.165) is 25.1 Å². The Morgan fingerprint density at radius 3 is 2.94 bits per heavy atom. The number of hydrogen-bond donors (Lipinski definition) is 2. The highest BCUT2D eigenvalue weighted by Crippen LogP contribution is 2.23. The Morgan fingerprint density at radius 2 is 2.25 bits per heavy atom. The van der Waals surface area contributed by atoms with Crippen LogP contribution in [-0.2, 0) is 11.2 Å². The smallest absolute Gasteiger partial charge is 0.223 e. The van der Waals surface area contributed by atoms with Crippen LogP contribution in [0, 0.1) is 5.92 Å². The summed E-state index contributed by atoms with van der Waals surface area (Å²) in [7, 11) is 0. The molecule has 16 heavy (non-hydrogen) atoms. The minimum absolute atomic E-state index is 0.208. The van der Waals surface area contributed by atoms with Crippen molar-refractivity contribution in [3.8, 4) is 0 Å². The van der Waals surface area contributed by atoms with E-state index in [1.807, 2.05) is 0 Å². The Balaban J connectivity index is 1.67. The Morgan fingerprint density at radius 1 is 1.44 bits per heavy atom. The molecule has 1 amide bonds. The maximum absolute atomic E-state index is 11.8. The van der Waals surface area contributed by atoms with Crippen LogP contribution in [0.4, 0.5) is 0 Å². The van der Waals surface area contributed by atoms with Crippen molar-refractivity contribution in [3.63, 3.8) is 0 Å². The fourth-order valence-electron chi connectivity index (χ4n) is 2.16. The summed E-state index contributed by atoms with van der Waals surface area (Å²) in [5.74, 6) is 1.27. The van der Waals surface area contributed by atoms with E-state index < -0.39 is 0 Å². The average molecular weight is 222 g/mol. The highest BCUT2D eigenvalue weighted by molar-refractivity contribution is 5.78. The number of rotatable bonds is 4. The Labute approximate surface area is 95.0 Å². The van der Waals surface area contributed by atoms with Crippen molar-refractivity contribution < 1.29 is 4.79 Å². The maximum atomic E-state index is 11.8. The zero-order valence-corrected chi connectivity index (χ0v) is 9.41. The molecule has 0 aliphatic heterocycles. The molecule has 0 radical (unpaired) electrons. The fraction of sp³-hybridized carbons (Fsp3) is 0.727. The monoisotopic (exact) mass is 222 g/mol. The molecule has 1 saturated carbocycles. The summed E-state index contributed by atoms with van der Waals surface area (Å²) >= 11 is 0. The molecule has 1 aromatic heterocycles. The van der Waals surface area contributed by atoms with E-state index in [4.69, 9.17) is 0 Å². The van der Waals surface area contributed by atoms with Crippen LogP contribution in [0.5, 0.6) is 0 Å². The standard InChI is InChI=1S/C11H18N4O/c16-11(9-4-2-1-3-5-9)12-7-6-10-13-8-14-15-10/h8-9H,1-7H2,(H,12,16)(H,13,14,15). The van der Waals surface area contributed by atoms with Crippen molar-refractivity contribution in [1.29, 1.82) is 0 Å². The lowest BCUT2D eigenvalue weighted by Gasteiger charge is -2.20. The van der Waals surface area contributed by atoms with Crippen LogP contribution in [0.3, 0.4) is 0 Å². The molecule has 88 valence electrons. The van der Waals surface area contributed by atoms with E-state index in [1.165, 1.54) is 25.6 Å². The molecule has 1 fully saturated rings. The Kier molecular flexibility index (Phi) is 3.91. The molecule has 1 heterocycles. The largest absolute Gasteiger partial charge is 0.355 e. The van der Waals surface area contributed by atoms with Crippen molar-refractivity contribution in [2.75, 3.05) is 6.54 Å². The van der Waals surface area contributed by atoms with Crippen molar-refractivity contribution in [1.82, 2.24) is 20.5 Å². The molecule has 0 bridgehead atoms. The van der Waals surface area contributed by atoms with E-state index in [-0.39, 0.29) is 11.8 Å². The van der Waals surface area contributed by atoms with Gasteiger partial charge in [-0.15, -0.1) is 0 Å². The van der Waals surface area contributed by atoms with Crippen LogP contribution in [0.25, 0.3) is 0 Å². The van der Waals surface area contributed by atoms with Crippen molar-refractivity contribution >= 4 is 5.91 Å². The molecule has 1 aliphatic rings. The number of hydrogen-bond acceptors (Lipinski definition) is 3. The second kappa shape index (κ2) is 5.63. The van der Waals surface area contributed by atoms with Crippen molar-refractivity contribution in [2.24, 2.45) is 5.92 Å². The highest BCUT2D eigenvalue weighted by Gasteiger charge is 2.20. The van der Waals surface area contributed by atoms with Crippen LogP contribution in [0.1, 0.15) is 37.9 Å². The first kappa shape index (κ1) is 11.1. The summed E-state index contributed by atoms with van der Waals surface area (Å²) in [6, 6.07) is 0. The molecule has 0 unspecified atom stereocenters. The number of nitrogens with one attached hydrogen (secondary N) is 2. The number of nitrogens with zero attached hydrogens (tertiary/aromatic N) is 2. The lowest BCUT2D eigenvalue weighted by atomic mass is 9.89. The van der Waals surface area contributed by atoms with Gasteiger partial charge in [0.05, 0.1) is 0 Å². The van der Waals surface area contributed by atoms with Crippen LogP contribution in [-0.4, -0.2) is 27.6 Å². The van der Waals surface area contributed by atoms with Crippen LogP contribution >= 0.6 is 0 Å². The lowest BCUT2D eigenvalue weighted by Crippen LogP contribution is -2.33. The summed E-state index contributed by atoms with van der Waals surface area (Å²) in [5.41, 5.74) is 0. The summed E-state index contributed by atoms with van der Waals surface area (Å²) in [6.07, 6.45) is 7.97. The van der Waals surface area contributed by atoms with Gasteiger partial charge in [0.1, 0.15) is 12.2 Å². The molecular weight excluding hydrogens is 204 g/mol. The highest BCUT2D eigenvalue weighted by atomic mass is 16.1. The minimum atomic E-state index is 0.208. The first-order valence-electron chi connectivity index (χ1n) is 5.98. The summed E-state index contributed by atoms with van der Waals surface area (Å²) in [5, 5.41) is 9.50. The van der Waals surface area contributed by atoms with Gasteiger partial charge in [0.15, 0.2) is 0 Å². The second-order valence-electron chi connectivity index (χ2n) is 4.31. The third kappa shape index (κ3) is 3.05. The zero-order valence-electron chi connectivity index (χ0n) is 9.41. The van der Waals surface area contributed by atoms with E-state index in [0.29, 0.717) is 6.54 Å². The second-order valence-corrected chi connectivity index (χ2v) is 4.31. The molecular formula is C11H18N4O. The molecule has 2 N–H and O–H groups in total. The van der Waals surface area contributed by atoms with Gasteiger partial charge in [0, 0.05) is 18.9 Å². The topological polar surface area (TPSA) is 70.7 Å². The molecule has 0 spiro atoms. The maximum Gasteiger partial charge on any atom is 0.223 e. The van der Waals surface area contributed by atoms with E-state index in [2.05, 4.69) is 20.5 Å². The van der Waals surface area contributed by atoms with E-state index in [9.17, 15) is 4.79 Å². The van der Waals surface area contributed by atoms with Crippen molar-refractivity contribution in [3.05, 3.63) is 12.2 Å². The molecule has 1 aliphatic carbocycles. The van der Waals surface area contributed by atoms with Gasteiger partial charge in [-0.1, -0.05) is 19.3 Å². The SMILES string of the molecule is O=C(NCCc1ncn[nH]1)C1CCCCC1. The van der Waals surface area contributed by atoms with E-state index in [1.54, 1.807) is 0 Å². The van der Waals surface area contributed by atoms with Gasteiger partial charge < -0.3 is 5.32 Å². The first-order valence-corrected chi connectivity index (χ1v) is 5.98. The van der Waals surface area contributed by atoms with Crippen LogP contribution in [0.15, 0.2) is 6.33 Å². The molecule has 0 saturated heterocycles. The zero-order chi connectivity index (χ0) is 11.2. The van der Waals surface area contributed by atoms with Gasteiger partial charge in [0.25, 0.3) is 0 Å². The summed E-state index contributed by atoms with van der Waals surface area (Å²) < 4.78 is 0. The van der Waals surface area contributed by atoms with Crippen LogP contribution in [0.2, 0.25) is 0 Å². The number of aromatic nitrogens is 3. The van der Waals surface area contributed by atoms with Crippen LogP contribution < -0.4 is 5.32 Å². The van der Waals surface area contributed by atoms with Gasteiger partial charge >= 0.3 is 0 Å². The molecule has 2 rings (SSSR count). The Hall–Kier alpha value is -1.39. The Bertz CT molecular complexity index is 317. The first-order chi connectivity index (χ1) is 7.86. The average Bonchev–Trinajstić information content (AvgIpc) is 2.83. The summed E-state index contributed by atoms with van der Waals surface area (Å²) in [6.45, 7) is 0.643. The molecule has 1 aromatic rings. The number of carbonyl (C=O) groups excluding carboxylic acids is 1. The predicted octanol–water partition coefficient (Wildman–Crippen LogP) is 1.04. The normalized spacial score (nSPS) is 17.2. The molecule has 5 heteroatoms.